The molecular formula is C21H25N3O2. The Hall–Kier alpha value is -2.63. The lowest BCUT2D eigenvalue weighted by molar-refractivity contribution is 0.148. The van der Waals surface area contributed by atoms with Gasteiger partial charge in [0, 0.05) is 29.7 Å². The molecule has 0 spiro atoms. The summed E-state index contributed by atoms with van der Waals surface area (Å²) in [6.45, 7) is 1.09. The first kappa shape index (κ1) is 18.2. The minimum atomic E-state index is -0.443. The predicted molar refractivity (Wildman–Crippen MR) is 107 cm³/mol. The molecule has 0 fully saturated rings. The molecule has 26 heavy (non-hydrogen) atoms. The molecule has 0 aliphatic carbocycles. The van der Waals surface area contributed by atoms with E-state index < -0.39 is 6.10 Å². The van der Waals surface area contributed by atoms with Crippen molar-refractivity contribution in [2.45, 2.75) is 6.10 Å². The number of rotatable bonds is 7. The number of para-hydroxylation sites is 1. The number of anilines is 1. The molecule has 0 amide bonds. The van der Waals surface area contributed by atoms with Gasteiger partial charge in [-0.2, -0.15) is 0 Å². The zero-order valence-corrected chi connectivity index (χ0v) is 15.4. The maximum absolute atomic E-state index is 10.2. The number of fused-ring (bicyclic) bond motifs is 1. The summed E-state index contributed by atoms with van der Waals surface area (Å²) in [7, 11) is 5.56. The summed E-state index contributed by atoms with van der Waals surface area (Å²) in [5, 5.41) is 14.6. The Morgan fingerprint density at radius 2 is 1.85 bits per heavy atom. The highest BCUT2D eigenvalue weighted by Crippen LogP contribution is 2.29. The van der Waals surface area contributed by atoms with E-state index in [0.29, 0.717) is 13.1 Å². The summed E-state index contributed by atoms with van der Waals surface area (Å²) >= 11 is 0. The largest absolute Gasteiger partial charge is 0.497 e. The van der Waals surface area contributed by atoms with Gasteiger partial charge in [-0.3, -0.25) is 0 Å². The minimum Gasteiger partial charge on any atom is -0.497 e. The second-order valence-corrected chi connectivity index (χ2v) is 6.60. The molecule has 3 rings (SSSR count). The van der Waals surface area contributed by atoms with Gasteiger partial charge >= 0.3 is 0 Å². The van der Waals surface area contributed by atoms with Gasteiger partial charge in [0.15, 0.2) is 0 Å². The first-order valence-electron chi connectivity index (χ1n) is 8.67. The smallest absolute Gasteiger partial charge is 0.118 e. The van der Waals surface area contributed by atoms with Crippen molar-refractivity contribution in [2.24, 2.45) is 0 Å². The number of nitrogens with one attached hydrogen (secondary N) is 1. The zero-order valence-electron chi connectivity index (χ0n) is 15.4. The SMILES string of the molecule is COc1ccc(-c2cc(NC[C@H](O)CN(C)C)c3ccccc3n2)cc1. The average molecular weight is 351 g/mol. The number of aliphatic hydroxyl groups excluding tert-OH is 1. The molecular weight excluding hydrogens is 326 g/mol. The Morgan fingerprint density at radius 3 is 2.54 bits per heavy atom. The molecule has 2 N–H and O–H groups in total. The summed E-state index contributed by atoms with van der Waals surface area (Å²) in [5.41, 5.74) is 3.80. The first-order chi connectivity index (χ1) is 12.6. The van der Waals surface area contributed by atoms with Crippen LogP contribution in [0.4, 0.5) is 5.69 Å². The molecule has 0 radical (unpaired) electrons. The van der Waals surface area contributed by atoms with E-state index in [1.807, 2.05) is 73.6 Å². The monoisotopic (exact) mass is 351 g/mol. The van der Waals surface area contributed by atoms with Crippen molar-refractivity contribution in [3.8, 4) is 17.0 Å². The minimum absolute atomic E-state index is 0.443. The fourth-order valence-electron chi connectivity index (χ4n) is 2.95. The van der Waals surface area contributed by atoms with E-state index in [0.717, 1.165) is 33.6 Å². The lowest BCUT2D eigenvalue weighted by atomic mass is 10.1. The normalized spacial score (nSPS) is 12.3. The molecule has 0 unspecified atom stereocenters. The number of hydrogen-bond acceptors (Lipinski definition) is 5. The molecule has 0 saturated heterocycles. The van der Waals surface area contributed by atoms with Crippen molar-refractivity contribution < 1.29 is 9.84 Å². The van der Waals surface area contributed by atoms with Crippen LogP contribution in [0.3, 0.4) is 0 Å². The molecule has 5 heteroatoms. The quantitative estimate of drug-likeness (QED) is 0.684. The molecule has 1 atom stereocenters. The lowest BCUT2D eigenvalue weighted by Gasteiger charge is -2.18. The van der Waals surface area contributed by atoms with Crippen LogP contribution in [0.1, 0.15) is 0 Å². The third kappa shape index (κ3) is 4.31. The standard InChI is InChI=1S/C21H25N3O2/c1-24(2)14-16(25)13-22-21-12-20(15-8-10-17(26-3)11-9-15)23-19-7-5-4-6-18(19)21/h4-12,16,25H,13-14H2,1-3H3,(H,22,23)/t16-/m0/s1. The van der Waals surface area contributed by atoms with E-state index in [1.54, 1.807) is 7.11 Å². The number of methoxy groups -OCH3 is 1. The first-order valence-corrected chi connectivity index (χ1v) is 8.67. The van der Waals surface area contributed by atoms with Crippen molar-refractivity contribution in [2.75, 3.05) is 39.6 Å². The number of benzene rings is 2. The second kappa shape index (κ2) is 8.17. The maximum atomic E-state index is 10.2. The zero-order chi connectivity index (χ0) is 18.5. The van der Waals surface area contributed by atoms with Crippen LogP contribution in [0.5, 0.6) is 5.75 Å². The van der Waals surface area contributed by atoms with Gasteiger partial charge in [0.1, 0.15) is 5.75 Å². The molecule has 0 saturated carbocycles. The highest BCUT2D eigenvalue weighted by molar-refractivity contribution is 5.93. The van der Waals surface area contributed by atoms with Gasteiger partial charge < -0.3 is 20.1 Å². The van der Waals surface area contributed by atoms with Crippen LogP contribution in [0.25, 0.3) is 22.2 Å². The molecule has 0 aliphatic rings. The van der Waals surface area contributed by atoms with Crippen LogP contribution in [-0.2, 0) is 0 Å². The number of aliphatic hydroxyl groups is 1. The summed E-state index contributed by atoms with van der Waals surface area (Å²) in [6.07, 6.45) is -0.443. The van der Waals surface area contributed by atoms with Crippen molar-refractivity contribution >= 4 is 16.6 Å². The molecule has 136 valence electrons. The van der Waals surface area contributed by atoms with Gasteiger partial charge in [-0.15, -0.1) is 0 Å². The van der Waals surface area contributed by atoms with Gasteiger partial charge in [0.25, 0.3) is 0 Å². The molecule has 1 aromatic heterocycles. The van der Waals surface area contributed by atoms with Crippen molar-refractivity contribution in [1.82, 2.24) is 9.88 Å². The summed E-state index contributed by atoms with van der Waals surface area (Å²) in [4.78, 5) is 6.76. The van der Waals surface area contributed by atoms with Gasteiger partial charge in [-0.25, -0.2) is 4.98 Å². The summed E-state index contributed by atoms with van der Waals surface area (Å²) in [5.74, 6) is 0.819. The Morgan fingerprint density at radius 1 is 1.12 bits per heavy atom. The maximum Gasteiger partial charge on any atom is 0.118 e. The topological polar surface area (TPSA) is 57.6 Å². The van der Waals surface area contributed by atoms with E-state index in [9.17, 15) is 5.11 Å². The van der Waals surface area contributed by atoms with Gasteiger partial charge in [0.05, 0.1) is 24.4 Å². The van der Waals surface area contributed by atoms with Crippen molar-refractivity contribution in [3.05, 3.63) is 54.6 Å². The second-order valence-electron chi connectivity index (χ2n) is 6.60. The average Bonchev–Trinajstić information content (AvgIpc) is 2.65. The number of ether oxygens (including phenoxy) is 1. The van der Waals surface area contributed by atoms with Crippen molar-refractivity contribution in [3.63, 3.8) is 0 Å². The Bertz CT molecular complexity index is 863. The fraction of sp³-hybridized carbons (Fsp3) is 0.286. The van der Waals surface area contributed by atoms with E-state index in [1.165, 1.54) is 0 Å². The molecule has 3 aromatic rings. The number of nitrogens with zero attached hydrogens (tertiary/aromatic N) is 2. The summed E-state index contributed by atoms with van der Waals surface area (Å²) < 4.78 is 5.23. The molecule has 0 aliphatic heterocycles. The Labute approximate surface area is 154 Å². The van der Waals surface area contributed by atoms with E-state index in [-0.39, 0.29) is 0 Å². The third-order valence-electron chi connectivity index (χ3n) is 4.21. The number of likely N-dealkylation sites (N-methyl/N-ethyl adjacent to an activating group) is 1. The Kier molecular flexibility index (Phi) is 5.71. The number of pyridine rings is 1. The third-order valence-corrected chi connectivity index (χ3v) is 4.21. The number of hydrogen-bond donors (Lipinski definition) is 2. The van der Waals surface area contributed by atoms with Crippen LogP contribution in [0.2, 0.25) is 0 Å². The van der Waals surface area contributed by atoms with Crippen LogP contribution in [0, 0.1) is 0 Å². The predicted octanol–water partition coefficient (Wildman–Crippen LogP) is 3.24. The highest BCUT2D eigenvalue weighted by atomic mass is 16.5. The van der Waals surface area contributed by atoms with Crippen LogP contribution >= 0.6 is 0 Å². The van der Waals surface area contributed by atoms with E-state index in [2.05, 4.69) is 5.32 Å². The fourth-order valence-corrected chi connectivity index (χ4v) is 2.95. The highest BCUT2D eigenvalue weighted by Gasteiger charge is 2.10. The van der Waals surface area contributed by atoms with Crippen LogP contribution in [0.15, 0.2) is 54.6 Å². The molecule has 5 nitrogen and oxygen atoms in total. The molecule has 1 heterocycles. The van der Waals surface area contributed by atoms with E-state index in [4.69, 9.17) is 9.72 Å². The lowest BCUT2D eigenvalue weighted by Crippen LogP contribution is -2.31. The van der Waals surface area contributed by atoms with Crippen LogP contribution in [-0.4, -0.2) is 55.4 Å². The van der Waals surface area contributed by atoms with E-state index >= 15 is 0 Å². The summed E-state index contributed by atoms with van der Waals surface area (Å²) in [6, 6.07) is 17.9. The number of aromatic nitrogens is 1. The van der Waals surface area contributed by atoms with Crippen LogP contribution < -0.4 is 10.1 Å². The molecule has 0 bridgehead atoms. The molecule has 2 aromatic carbocycles. The van der Waals surface area contributed by atoms with Gasteiger partial charge in [0.2, 0.25) is 0 Å². The van der Waals surface area contributed by atoms with Crippen molar-refractivity contribution in [1.29, 1.82) is 0 Å². The Balaban J connectivity index is 1.93. The van der Waals surface area contributed by atoms with Gasteiger partial charge in [-0.1, -0.05) is 18.2 Å². The van der Waals surface area contributed by atoms with Gasteiger partial charge in [-0.05, 0) is 50.5 Å².